The molecule has 1 saturated heterocycles. The van der Waals surface area contributed by atoms with Crippen molar-refractivity contribution in [2.24, 2.45) is 5.92 Å². The van der Waals surface area contributed by atoms with E-state index in [0.29, 0.717) is 31.6 Å². The Bertz CT molecular complexity index is 733. The SMILES string of the molecule is COc1ccc(-c2nc(C(=O)N3CCC(C(=O)O)CC3)cs2)cc1. The fourth-order valence-corrected chi connectivity index (χ4v) is 3.53. The third-order valence-corrected chi connectivity index (χ3v) is 5.08. The minimum Gasteiger partial charge on any atom is -0.497 e. The molecule has 1 N–H and O–H groups in total. The average Bonchev–Trinajstić information content (AvgIpc) is 3.11. The molecule has 0 radical (unpaired) electrons. The number of amides is 1. The molecule has 126 valence electrons. The van der Waals surface area contributed by atoms with Crippen molar-refractivity contribution in [3.05, 3.63) is 35.3 Å². The summed E-state index contributed by atoms with van der Waals surface area (Å²) in [6, 6.07) is 7.53. The third-order valence-electron chi connectivity index (χ3n) is 4.19. The van der Waals surface area contributed by atoms with Gasteiger partial charge in [-0.1, -0.05) is 0 Å². The summed E-state index contributed by atoms with van der Waals surface area (Å²) in [6.45, 7) is 0.927. The zero-order chi connectivity index (χ0) is 17.1. The van der Waals surface area contributed by atoms with Crippen LogP contribution < -0.4 is 4.74 Å². The summed E-state index contributed by atoms with van der Waals surface area (Å²) in [7, 11) is 1.61. The second kappa shape index (κ2) is 7.00. The molecule has 6 nitrogen and oxygen atoms in total. The lowest BCUT2D eigenvalue weighted by Gasteiger charge is -2.29. The number of aliphatic carboxylic acids is 1. The Kier molecular flexibility index (Phi) is 4.80. The summed E-state index contributed by atoms with van der Waals surface area (Å²) in [6.07, 6.45) is 0.993. The standard InChI is InChI=1S/C17H18N2O4S/c1-23-13-4-2-11(3-5-13)15-18-14(10-24-15)16(20)19-8-6-12(7-9-19)17(21)22/h2-5,10,12H,6-9H2,1H3,(H,21,22). The molecule has 1 aliphatic heterocycles. The maximum absolute atomic E-state index is 12.5. The van der Waals surface area contributed by atoms with E-state index in [4.69, 9.17) is 9.84 Å². The predicted molar refractivity (Wildman–Crippen MR) is 90.4 cm³/mol. The molecule has 0 bridgehead atoms. The van der Waals surface area contributed by atoms with Crippen LogP contribution in [0.1, 0.15) is 23.3 Å². The van der Waals surface area contributed by atoms with Crippen LogP contribution in [0.5, 0.6) is 5.75 Å². The Morgan fingerprint density at radius 1 is 1.25 bits per heavy atom. The zero-order valence-electron chi connectivity index (χ0n) is 13.3. The molecule has 1 fully saturated rings. The van der Waals surface area contributed by atoms with Crippen LogP contribution in [0.25, 0.3) is 10.6 Å². The van der Waals surface area contributed by atoms with E-state index < -0.39 is 5.97 Å². The van der Waals surface area contributed by atoms with Crippen LogP contribution in [-0.2, 0) is 4.79 Å². The van der Waals surface area contributed by atoms with Crippen LogP contribution in [0.3, 0.4) is 0 Å². The lowest BCUT2D eigenvalue weighted by molar-refractivity contribution is -0.143. The number of rotatable bonds is 4. The molecule has 1 aromatic heterocycles. The highest BCUT2D eigenvalue weighted by molar-refractivity contribution is 7.13. The fourth-order valence-electron chi connectivity index (χ4n) is 2.73. The fraction of sp³-hybridized carbons (Fsp3) is 0.353. The number of nitrogens with zero attached hydrogens (tertiary/aromatic N) is 2. The molecule has 0 aliphatic carbocycles. The number of likely N-dealkylation sites (tertiary alicyclic amines) is 1. The topological polar surface area (TPSA) is 79.7 Å². The number of carbonyl (C=O) groups is 2. The molecule has 7 heteroatoms. The van der Waals surface area contributed by atoms with Gasteiger partial charge >= 0.3 is 5.97 Å². The Hall–Kier alpha value is -2.41. The first-order chi connectivity index (χ1) is 11.6. The number of carbonyl (C=O) groups excluding carboxylic acids is 1. The second-order valence-corrected chi connectivity index (χ2v) is 6.53. The van der Waals surface area contributed by atoms with Crippen molar-refractivity contribution < 1.29 is 19.4 Å². The summed E-state index contributed by atoms with van der Waals surface area (Å²) < 4.78 is 5.13. The largest absolute Gasteiger partial charge is 0.497 e. The minimum atomic E-state index is -0.780. The van der Waals surface area contributed by atoms with Gasteiger partial charge in [-0.2, -0.15) is 0 Å². The summed E-state index contributed by atoms with van der Waals surface area (Å²) >= 11 is 1.42. The maximum atomic E-state index is 12.5. The molecule has 0 spiro atoms. The van der Waals surface area contributed by atoms with Crippen LogP contribution in [0.15, 0.2) is 29.6 Å². The van der Waals surface area contributed by atoms with Crippen molar-refractivity contribution in [3.63, 3.8) is 0 Å². The van der Waals surface area contributed by atoms with Gasteiger partial charge in [0.1, 0.15) is 16.5 Å². The van der Waals surface area contributed by atoms with E-state index in [9.17, 15) is 9.59 Å². The van der Waals surface area contributed by atoms with Gasteiger partial charge in [0.05, 0.1) is 13.0 Å². The molecular weight excluding hydrogens is 328 g/mol. The average molecular weight is 346 g/mol. The van der Waals surface area contributed by atoms with Gasteiger partial charge < -0.3 is 14.7 Å². The van der Waals surface area contributed by atoms with E-state index in [0.717, 1.165) is 16.3 Å². The molecule has 1 aromatic carbocycles. The van der Waals surface area contributed by atoms with Gasteiger partial charge in [-0.15, -0.1) is 11.3 Å². The highest BCUT2D eigenvalue weighted by Crippen LogP contribution is 2.27. The number of thiazole rings is 1. The molecule has 0 unspecified atom stereocenters. The third kappa shape index (κ3) is 3.41. The van der Waals surface area contributed by atoms with E-state index in [1.807, 2.05) is 24.3 Å². The second-order valence-electron chi connectivity index (χ2n) is 5.67. The molecule has 0 saturated carbocycles. The monoisotopic (exact) mass is 346 g/mol. The van der Waals surface area contributed by atoms with E-state index in [1.165, 1.54) is 11.3 Å². The van der Waals surface area contributed by atoms with E-state index >= 15 is 0 Å². The van der Waals surface area contributed by atoms with Crippen LogP contribution >= 0.6 is 11.3 Å². The first-order valence-electron chi connectivity index (χ1n) is 7.70. The van der Waals surface area contributed by atoms with Crippen LogP contribution in [-0.4, -0.2) is 47.1 Å². The molecule has 1 amide bonds. The lowest BCUT2D eigenvalue weighted by atomic mass is 9.97. The maximum Gasteiger partial charge on any atom is 0.306 e. The number of aromatic nitrogens is 1. The van der Waals surface area contributed by atoms with Crippen molar-refractivity contribution in [2.75, 3.05) is 20.2 Å². The molecule has 0 atom stereocenters. The van der Waals surface area contributed by atoms with Gasteiger partial charge in [0.15, 0.2) is 0 Å². The highest BCUT2D eigenvalue weighted by atomic mass is 32.1. The molecule has 2 heterocycles. The summed E-state index contributed by atoms with van der Waals surface area (Å²) in [4.78, 5) is 29.6. The van der Waals surface area contributed by atoms with E-state index in [1.54, 1.807) is 17.4 Å². The number of benzene rings is 1. The molecule has 1 aliphatic rings. The first-order valence-corrected chi connectivity index (χ1v) is 8.58. The summed E-state index contributed by atoms with van der Waals surface area (Å²) in [5.74, 6) is -0.486. The number of ether oxygens (including phenoxy) is 1. The van der Waals surface area contributed by atoms with Crippen molar-refractivity contribution in [2.45, 2.75) is 12.8 Å². The van der Waals surface area contributed by atoms with E-state index in [2.05, 4.69) is 4.98 Å². The number of hydrogen-bond donors (Lipinski definition) is 1. The summed E-state index contributed by atoms with van der Waals surface area (Å²) in [5.41, 5.74) is 1.35. The van der Waals surface area contributed by atoms with Crippen LogP contribution in [0.2, 0.25) is 0 Å². The predicted octanol–water partition coefficient (Wildman–Crippen LogP) is 2.76. The molecule has 2 aromatic rings. The van der Waals surface area contributed by atoms with Gasteiger partial charge in [-0.05, 0) is 37.1 Å². The number of carboxylic acid groups (broad SMARTS) is 1. The minimum absolute atomic E-state index is 0.130. The Morgan fingerprint density at radius 2 is 1.92 bits per heavy atom. The van der Waals surface area contributed by atoms with Gasteiger partial charge in [0, 0.05) is 24.0 Å². The van der Waals surface area contributed by atoms with E-state index in [-0.39, 0.29) is 11.8 Å². The quantitative estimate of drug-likeness (QED) is 0.921. The Morgan fingerprint density at radius 3 is 2.50 bits per heavy atom. The van der Waals surface area contributed by atoms with Crippen molar-refractivity contribution in [3.8, 4) is 16.3 Å². The van der Waals surface area contributed by atoms with Crippen molar-refractivity contribution >= 4 is 23.2 Å². The van der Waals surface area contributed by atoms with Crippen LogP contribution in [0, 0.1) is 5.92 Å². The number of carboxylic acids is 1. The lowest BCUT2D eigenvalue weighted by Crippen LogP contribution is -2.40. The summed E-state index contributed by atoms with van der Waals surface area (Å²) in [5, 5.41) is 11.6. The Balaban J connectivity index is 1.68. The van der Waals surface area contributed by atoms with Gasteiger partial charge in [0.25, 0.3) is 5.91 Å². The smallest absolute Gasteiger partial charge is 0.306 e. The first kappa shape index (κ1) is 16.4. The van der Waals surface area contributed by atoms with Gasteiger partial charge in [0.2, 0.25) is 0 Å². The number of hydrogen-bond acceptors (Lipinski definition) is 5. The Labute approximate surface area is 143 Å². The van der Waals surface area contributed by atoms with Crippen LogP contribution in [0.4, 0.5) is 0 Å². The highest BCUT2D eigenvalue weighted by Gasteiger charge is 2.28. The van der Waals surface area contributed by atoms with Gasteiger partial charge in [-0.25, -0.2) is 4.98 Å². The number of methoxy groups -OCH3 is 1. The molecular formula is C17H18N2O4S. The van der Waals surface area contributed by atoms with Gasteiger partial charge in [-0.3, -0.25) is 9.59 Å². The number of piperidine rings is 1. The van der Waals surface area contributed by atoms with Crippen molar-refractivity contribution in [1.82, 2.24) is 9.88 Å². The zero-order valence-corrected chi connectivity index (χ0v) is 14.1. The normalized spacial score (nSPS) is 15.3. The van der Waals surface area contributed by atoms with Crippen molar-refractivity contribution in [1.29, 1.82) is 0 Å². The molecule has 24 heavy (non-hydrogen) atoms. The molecule has 3 rings (SSSR count).